The predicted molar refractivity (Wildman–Crippen MR) is 73.2 cm³/mol. The van der Waals surface area contributed by atoms with Crippen molar-refractivity contribution in [3.05, 3.63) is 0 Å². The fraction of sp³-hybridized carbons (Fsp3) is 0.923. The zero-order valence-corrected chi connectivity index (χ0v) is 11.4. The van der Waals surface area contributed by atoms with E-state index in [9.17, 15) is 0 Å². The average Bonchev–Trinajstić information content (AvgIpc) is 2.22. The second-order valence-electron chi connectivity index (χ2n) is 5.41. The summed E-state index contributed by atoms with van der Waals surface area (Å²) in [6, 6.07) is 0. The van der Waals surface area contributed by atoms with E-state index >= 15 is 0 Å². The third kappa shape index (κ3) is 3.16. The number of nitrogens with zero attached hydrogens (tertiary/aromatic N) is 1. The lowest BCUT2D eigenvalue weighted by Gasteiger charge is -2.35. The Morgan fingerprint density at radius 3 is 2.94 bits per heavy atom. The van der Waals surface area contributed by atoms with Crippen molar-refractivity contribution in [2.24, 2.45) is 10.9 Å². The Bertz CT molecular complexity index is 261. The molecule has 16 heavy (non-hydrogen) atoms. The topological polar surface area (TPSA) is 24.4 Å². The molecule has 1 unspecified atom stereocenters. The summed E-state index contributed by atoms with van der Waals surface area (Å²) in [6.45, 7) is 5.60. The lowest BCUT2D eigenvalue weighted by Crippen LogP contribution is -2.48. The summed E-state index contributed by atoms with van der Waals surface area (Å²) >= 11 is 1.90. The van der Waals surface area contributed by atoms with Gasteiger partial charge < -0.3 is 5.32 Å². The summed E-state index contributed by atoms with van der Waals surface area (Å²) in [6.07, 6.45) is 8.08. The van der Waals surface area contributed by atoms with Crippen LogP contribution in [0.2, 0.25) is 0 Å². The number of amidine groups is 1. The van der Waals surface area contributed by atoms with Gasteiger partial charge in [0.2, 0.25) is 0 Å². The van der Waals surface area contributed by atoms with E-state index in [0.29, 0.717) is 5.54 Å². The summed E-state index contributed by atoms with van der Waals surface area (Å²) < 4.78 is 0. The minimum atomic E-state index is 0.292. The molecule has 0 amide bonds. The fourth-order valence-corrected chi connectivity index (χ4v) is 3.46. The van der Waals surface area contributed by atoms with Crippen molar-refractivity contribution in [1.82, 2.24) is 5.32 Å². The number of thioether (sulfide) groups is 1. The minimum Gasteiger partial charge on any atom is -0.360 e. The van der Waals surface area contributed by atoms with Crippen LogP contribution in [0.1, 0.15) is 52.4 Å². The van der Waals surface area contributed by atoms with Crippen molar-refractivity contribution >= 4 is 16.9 Å². The molecule has 1 N–H and O–H groups in total. The monoisotopic (exact) mass is 240 g/mol. The first kappa shape index (κ1) is 12.3. The van der Waals surface area contributed by atoms with E-state index in [2.05, 4.69) is 19.2 Å². The second kappa shape index (κ2) is 5.44. The Kier molecular flexibility index (Phi) is 4.17. The van der Waals surface area contributed by atoms with Gasteiger partial charge in [0.05, 0.1) is 0 Å². The molecule has 1 saturated heterocycles. The van der Waals surface area contributed by atoms with E-state index in [1.54, 1.807) is 0 Å². The summed E-state index contributed by atoms with van der Waals surface area (Å²) in [7, 11) is 0. The highest BCUT2D eigenvalue weighted by molar-refractivity contribution is 8.13. The van der Waals surface area contributed by atoms with Crippen LogP contribution in [0.25, 0.3) is 0 Å². The Morgan fingerprint density at radius 1 is 1.50 bits per heavy atom. The van der Waals surface area contributed by atoms with Crippen LogP contribution in [-0.4, -0.2) is 23.0 Å². The number of aliphatic imine (C=N–C) groups is 1. The van der Waals surface area contributed by atoms with Crippen LogP contribution in [0.3, 0.4) is 0 Å². The molecule has 2 aliphatic rings. The van der Waals surface area contributed by atoms with Gasteiger partial charge in [0, 0.05) is 17.8 Å². The molecule has 2 fully saturated rings. The lowest BCUT2D eigenvalue weighted by molar-refractivity contribution is 0.300. The first-order valence-electron chi connectivity index (χ1n) is 6.67. The highest BCUT2D eigenvalue weighted by Crippen LogP contribution is 2.29. The van der Waals surface area contributed by atoms with Crippen molar-refractivity contribution in [3.63, 3.8) is 0 Å². The molecule has 1 aliphatic carbocycles. The van der Waals surface area contributed by atoms with E-state index in [4.69, 9.17) is 4.99 Å². The van der Waals surface area contributed by atoms with Crippen LogP contribution in [-0.2, 0) is 0 Å². The third-order valence-electron chi connectivity index (χ3n) is 4.10. The van der Waals surface area contributed by atoms with Crippen molar-refractivity contribution in [2.75, 3.05) is 12.3 Å². The Morgan fingerprint density at radius 2 is 2.31 bits per heavy atom. The predicted octanol–water partition coefficient (Wildman–Crippen LogP) is 3.43. The maximum absolute atomic E-state index is 4.72. The van der Waals surface area contributed by atoms with Gasteiger partial charge in [0.25, 0.3) is 0 Å². The van der Waals surface area contributed by atoms with E-state index in [1.165, 1.54) is 49.4 Å². The lowest BCUT2D eigenvalue weighted by atomic mass is 9.83. The van der Waals surface area contributed by atoms with E-state index in [0.717, 1.165) is 12.5 Å². The maximum Gasteiger partial charge on any atom is 0.156 e. The second-order valence-corrected chi connectivity index (χ2v) is 6.49. The third-order valence-corrected chi connectivity index (χ3v) is 5.01. The van der Waals surface area contributed by atoms with Gasteiger partial charge in [0.1, 0.15) is 0 Å². The van der Waals surface area contributed by atoms with Crippen LogP contribution in [0, 0.1) is 5.92 Å². The van der Waals surface area contributed by atoms with Crippen LogP contribution < -0.4 is 5.32 Å². The molecule has 0 spiro atoms. The van der Waals surface area contributed by atoms with Gasteiger partial charge in [-0.1, -0.05) is 37.9 Å². The number of hydrogen-bond donors (Lipinski definition) is 1. The van der Waals surface area contributed by atoms with Gasteiger partial charge in [-0.05, 0) is 32.1 Å². The number of rotatable bonds is 4. The average molecular weight is 240 g/mol. The van der Waals surface area contributed by atoms with Crippen molar-refractivity contribution in [3.8, 4) is 0 Å². The van der Waals surface area contributed by atoms with E-state index in [-0.39, 0.29) is 0 Å². The molecule has 2 nitrogen and oxygen atoms in total. The molecular weight excluding hydrogens is 216 g/mol. The van der Waals surface area contributed by atoms with E-state index in [1.807, 2.05) is 11.8 Å². The molecule has 1 heterocycles. The molecule has 2 rings (SSSR count). The molecule has 1 atom stereocenters. The van der Waals surface area contributed by atoms with Gasteiger partial charge in [-0.3, -0.25) is 4.99 Å². The van der Waals surface area contributed by atoms with Gasteiger partial charge in [0.15, 0.2) is 5.17 Å². The Balaban J connectivity index is 1.76. The standard InChI is InChI=1S/C13H24N2S/c1-3-13(2)8-10-16-12(15-13)14-9-7-11-5-4-6-11/h11H,3-10H2,1-2H3,(H,14,15). The van der Waals surface area contributed by atoms with E-state index < -0.39 is 0 Å². The Hall–Kier alpha value is -0.180. The van der Waals surface area contributed by atoms with Gasteiger partial charge in [-0.2, -0.15) is 0 Å². The summed E-state index contributed by atoms with van der Waals surface area (Å²) in [4.78, 5) is 4.72. The van der Waals surface area contributed by atoms with Crippen LogP contribution in [0.5, 0.6) is 0 Å². The number of nitrogens with one attached hydrogen (secondary N) is 1. The molecule has 0 bridgehead atoms. The highest BCUT2D eigenvalue weighted by atomic mass is 32.2. The molecule has 0 aromatic rings. The highest BCUT2D eigenvalue weighted by Gasteiger charge is 2.27. The van der Waals surface area contributed by atoms with Crippen LogP contribution in [0.15, 0.2) is 4.99 Å². The first-order chi connectivity index (χ1) is 7.72. The summed E-state index contributed by atoms with van der Waals surface area (Å²) in [5, 5.41) is 4.79. The molecule has 1 aliphatic heterocycles. The van der Waals surface area contributed by atoms with Crippen LogP contribution >= 0.6 is 11.8 Å². The molecule has 0 aromatic heterocycles. The quantitative estimate of drug-likeness (QED) is 0.814. The first-order valence-corrected chi connectivity index (χ1v) is 7.66. The SMILES string of the molecule is CCC1(C)CCSC(=NCCC2CCC2)N1. The van der Waals surface area contributed by atoms with Crippen molar-refractivity contribution < 1.29 is 0 Å². The van der Waals surface area contributed by atoms with Crippen molar-refractivity contribution in [1.29, 1.82) is 0 Å². The fourth-order valence-electron chi connectivity index (χ4n) is 2.21. The molecule has 1 saturated carbocycles. The maximum atomic E-state index is 4.72. The largest absolute Gasteiger partial charge is 0.360 e. The van der Waals surface area contributed by atoms with Crippen LogP contribution in [0.4, 0.5) is 0 Å². The number of hydrogen-bond acceptors (Lipinski definition) is 2. The zero-order valence-electron chi connectivity index (χ0n) is 10.6. The van der Waals surface area contributed by atoms with Gasteiger partial charge in [-0.15, -0.1) is 0 Å². The zero-order chi connectivity index (χ0) is 11.4. The van der Waals surface area contributed by atoms with Gasteiger partial charge >= 0.3 is 0 Å². The smallest absolute Gasteiger partial charge is 0.156 e. The molecule has 0 radical (unpaired) electrons. The minimum absolute atomic E-state index is 0.292. The molecule has 3 heteroatoms. The van der Waals surface area contributed by atoms with Crippen molar-refractivity contribution in [2.45, 2.75) is 57.9 Å². The molecule has 92 valence electrons. The summed E-state index contributed by atoms with van der Waals surface area (Å²) in [5.74, 6) is 2.20. The Labute approximate surface area is 104 Å². The normalized spacial score (nSPS) is 33.5. The molecule has 0 aromatic carbocycles. The summed E-state index contributed by atoms with van der Waals surface area (Å²) in [5.41, 5.74) is 0.292. The molecular formula is C13H24N2S. The van der Waals surface area contributed by atoms with Gasteiger partial charge in [-0.25, -0.2) is 0 Å².